The Bertz CT molecular complexity index is 944. The van der Waals surface area contributed by atoms with E-state index < -0.39 is 10.0 Å². The first kappa shape index (κ1) is 21.1. The Morgan fingerprint density at radius 1 is 0.833 bits per heavy atom. The minimum atomic E-state index is -3.26. The average Bonchev–Trinajstić information content (AvgIpc) is 3.31. The largest absolute Gasteiger partial charge is 0.339 e. The molecule has 0 unspecified atom stereocenters. The first-order chi connectivity index (χ1) is 14.5. The van der Waals surface area contributed by atoms with Gasteiger partial charge >= 0.3 is 0 Å². The zero-order chi connectivity index (χ0) is 21.0. The van der Waals surface area contributed by atoms with Gasteiger partial charge in [0.15, 0.2) is 0 Å². The van der Waals surface area contributed by atoms with Crippen LogP contribution in [-0.2, 0) is 22.2 Å². The van der Waals surface area contributed by atoms with E-state index in [1.54, 1.807) is 28.6 Å². The van der Waals surface area contributed by atoms with Crippen LogP contribution in [0.3, 0.4) is 0 Å². The Labute approximate surface area is 179 Å². The van der Waals surface area contributed by atoms with E-state index in [-0.39, 0.29) is 11.7 Å². The molecule has 2 aromatic carbocycles. The molecule has 4 rings (SSSR count). The second-order valence-electron chi connectivity index (χ2n) is 8.48. The van der Waals surface area contributed by atoms with Crippen LogP contribution in [0, 0.1) is 5.92 Å². The zero-order valence-corrected chi connectivity index (χ0v) is 18.2. The fourth-order valence-corrected chi connectivity index (χ4v) is 6.09. The fraction of sp³-hybridized carbons (Fsp3) is 0.458. The summed E-state index contributed by atoms with van der Waals surface area (Å²) < 4.78 is 26.5. The van der Waals surface area contributed by atoms with Crippen molar-refractivity contribution in [2.75, 3.05) is 26.2 Å². The van der Waals surface area contributed by atoms with Gasteiger partial charge in [0.05, 0.1) is 5.75 Å². The maximum atomic E-state index is 12.9. The normalized spacial score (nSPS) is 18.6. The molecule has 2 aromatic rings. The maximum Gasteiger partial charge on any atom is 0.253 e. The summed E-state index contributed by atoms with van der Waals surface area (Å²) in [6, 6.07) is 17.6. The molecule has 0 aromatic heterocycles. The van der Waals surface area contributed by atoms with Gasteiger partial charge in [0.1, 0.15) is 0 Å². The van der Waals surface area contributed by atoms with E-state index in [0.717, 1.165) is 50.8 Å². The predicted octanol–water partition coefficient (Wildman–Crippen LogP) is 3.71. The van der Waals surface area contributed by atoms with Gasteiger partial charge in [-0.2, -0.15) is 0 Å². The van der Waals surface area contributed by atoms with Crippen LogP contribution < -0.4 is 0 Å². The first-order valence-corrected chi connectivity index (χ1v) is 12.5. The number of nitrogens with zero attached hydrogens (tertiary/aromatic N) is 2. The highest BCUT2D eigenvalue weighted by Crippen LogP contribution is 2.23. The molecule has 2 aliphatic rings. The van der Waals surface area contributed by atoms with E-state index in [4.69, 9.17) is 0 Å². The summed E-state index contributed by atoms with van der Waals surface area (Å²) in [6.07, 6.45) is 4.99. The minimum absolute atomic E-state index is 0.00630. The quantitative estimate of drug-likeness (QED) is 0.708. The van der Waals surface area contributed by atoms with Crippen molar-refractivity contribution in [3.8, 4) is 0 Å². The molecule has 30 heavy (non-hydrogen) atoms. The SMILES string of the molecule is O=C(c1ccc(CS(=O)(=O)N2CCCC2)cc1)N1CCC(Cc2ccccc2)CC1. The van der Waals surface area contributed by atoms with Gasteiger partial charge in [-0.25, -0.2) is 12.7 Å². The van der Waals surface area contributed by atoms with Crippen LogP contribution in [0.4, 0.5) is 0 Å². The number of rotatable bonds is 6. The van der Waals surface area contributed by atoms with E-state index in [0.29, 0.717) is 24.6 Å². The Kier molecular flexibility index (Phi) is 6.54. The lowest BCUT2D eigenvalue weighted by Gasteiger charge is -2.32. The lowest BCUT2D eigenvalue weighted by molar-refractivity contribution is 0.0690. The van der Waals surface area contributed by atoms with Crippen molar-refractivity contribution < 1.29 is 13.2 Å². The Hall–Kier alpha value is -2.18. The maximum absolute atomic E-state index is 12.9. The second kappa shape index (κ2) is 9.31. The van der Waals surface area contributed by atoms with Crippen LogP contribution in [0.5, 0.6) is 0 Å². The number of hydrogen-bond donors (Lipinski definition) is 0. The first-order valence-electron chi connectivity index (χ1n) is 10.9. The highest BCUT2D eigenvalue weighted by Gasteiger charge is 2.26. The molecular formula is C24H30N2O3S. The number of hydrogen-bond acceptors (Lipinski definition) is 3. The molecule has 2 saturated heterocycles. The minimum Gasteiger partial charge on any atom is -0.339 e. The molecule has 160 valence electrons. The third kappa shape index (κ3) is 5.10. The van der Waals surface area contributed by atoms with Crippen molar-refractivity contribution in [2.45, 2.75) is 37.9 Å². The number of sulfonamides is 1. The molecule has 5 nitrogen and oxygen atoms in total. The number of carbonyl (C=O) groups is 1. The number of amides is 1. The van der Waals surface area contributed by atoms with Crippen molar-refractivity contribution >= 4 is 15.9 Å². The van der Waals surface area contributed by atoms with Gasteiger partial charge in [-0.3, -0.25) is 4.79 Å². The van der Waals surface area contributed by atoms with Gasteiger partial charge in [0.2, 0.25) is 10.0 Å². The van der Waals surface area contributed by atoms with Gasteiger partial charge in [-0.15, -0.1) is 0 Å². The van der Waals surface area contributed by atoms with Gasteiger partial charge < -0.3 is 4.90 Å². The highest BCUT2D eigenvalue weighted by atomic mass is 32.2. The molecule has 2 heterocycles. The summed E-state index contributed by atoms with van der Waals surface area (Å²) in [5.41, 5.74) is 2.74. The van der Waals surface area contributed by atoms with Crippen molar-refractivity contribution in [3.05, 3.63) is 71.3 Å². The molecule has 0 bridgehead atoms. The number of carbonyl (C=O) groups excluding carboxylic acids is 1. The lowest BCUT2D eigenvalue weighted by atomic mass is 9.90. The van der Waals surface area contributed by atoms with Crippen LogP contribution in [0.1, 0.15) is 47.2 Å². The van der Waals surface area contributed by atoms with Crippen molar-refractivity contribution in [1.82, 2.24) is 9.21 Å². The Morgan fingerprint density at radius 3 is 2.10 bits per heavy atom. The van der Waals surface area contributed by atoms with Gasteiger partial charge in [-0.05, 0) is 61.3 Å². The molecule has 0 atom stereocenters. The van der Waals surface area contributed by atoms with Crippen LogP contribution in [-0.4, -0.2) is 49.7 Å². The number of benzene rings is 2. The van der Waals surface area contributed by atoms with E-state index >= 15 is 0 Å². The summed E-state index contributed by atoms with van der Waals surface area (Å²) in [4.78, 5) is 14.8. The molecule has 6 heteroatoms. The number of piperidine rings is 1. The Balaban J connectivity index is 1.31. The van der Waals surface area contributed by atoms with Gasteiger partial charge in [0, 0.05) is 31.7 Å². The Morgan fingerprint density at radius 2 is 1.47 bits per heavy atom. The van der Waals surface area contributed by atoms with Crippen LogP contribution in [0.25, 0.3) is 0 Å². The second-order valence-corrected chi connectivity index (χ2v) is 10.5. The summed E-state index contributed by atoms with van der Waals surface area (Å²) in [5.74, 6) is 0.670. The number of likely N-dealkylation sites (tertiary alicyclic amines) is 1. The summed E-state index contributed by atoms with van der Waals surface area (Å²) in [7, 11) is -3.26. The van der Waals surface area contributed by atoms with E-state index in [1.165, 1.54) is 5.56 Å². The molecule has 0 saturated carbocycles. The highest BCUT2D eigenvalue weighted by molar-refractivity contribution is 7.88. The predicted molar refractivity (Wildman–Crippen MR) is 119 cm³/mol. The van der Waals surface area contributed by atoms with Crippen LogP contribution in [0.2, 0.25) is 0 Å². The molecule has 2 fully saturated rings. The van der Waals surface area contributed by atoms with Crippen molar-refractivity contribution in [1.29, 1.82) is 0 Å². The summed E-state index contributed by atoms with van der Waals surface area (Å²) >= 11 is 0. The monoisotopic (exact) mass is 426 g/mol. The lowest BCUT2D eigenvalue weighted by Crippen LogP contribution is -2.38. The van der Waals surface area contributed by atoms with E-state index in [1.807, 2.05) is 11.0 Å². The summed E-state index contributed by atoms with van der Waals surface area (Å²) in [5, 5.41) is 0. The average molecular weight is 427 g/mol. The molecule has 0 aliphatic carbocycles. The molecular weight excluding hydrogens is 396 g/mol. The zero-order valence-electron chi connectivity index (χ0n) is 17.4. The van der Waals surface area contributed by atoms with Crippen molar-refractivity contribution in [2.24, 2.45) is 5.92 Å². The molecule has 2 aliphatic heterocycles. The van der Waals surface area contributed by atoms with Gasteiger partial charge in [-0.1, -0.05) is 42.5 Å². The third-order valence-corrected chi connectivity index (χ3v) is 8.13. The third-order valence-electron chi connectivity index (χ3n) is 6.28. The molecule has 0 N–H and O–H groups in total. The smallest absolute Gasteiger partial charge is 0.253 e. The summed E-state index contributed by atoms with van der Waals surface area (Å²) in [6.45, 7) is 2.81. The van der Waals surface area contributed by atoms with Crippen molar-refractivity contribution in [3.63, 3.8) is 0 Å². The van der Waals surface area contributed by atoms with E-state index in [2.05, 4.69) is 24.3 Å². The molecule has 0 spiro atoms. The molecule has 1 amide bonds. The fourth-order valence-electron chi connectivity index (χ4n) is 4.48. The standard InChI is InChI=1S/C24H30N2O3S/c27-24(25-16-12-21(13-17-25)18-20-6-2-1-3-7-20)23-10-8-22(9-11-23)19-30(28,29)26-14-4-5-15-26/h1-3,6-11,21H,4-5,12-19H2. The molecule has 0 radical (unpaired) electrons. The van der Waals surface area contributed by atoms with E-state index in [9.17, 15) is 13.2 Å². The van der Waals surface area contributed by atoms with Crippen LogP contribution in [0.15, 0.2) is 54.6 Å². The topological polar surface area (TPSA) is 57.7 Å². The van der Waals surface area contributed by atoms with Gasteiger partial charge in [0.25, 0.3) is 5.91 Å². The van der Waals surface area contributed by atoms with Crippen LogP contribution >= 0.6 is 0 Å².